The number of hydrogen-bond donors (Lipinski definition) is 0. The molecule has 3 aromatic rings. The van der Waals surface area contributed by atoms with Gasteiger partial charge in [0.1, 0.15) is 6.29 Å². The molecule has 5 nitrogen and oxygen atoms in total. The summed E-state index contributed by atoms with van der Waals surface area (Å²) in [5, 5.41) is 5.35. The molecular weight excluding hydrogens is 280 g/mol. The molecule has 110 valence electrons. The molecule has 0 aliphatic heterocycles. The first-order valence-corrected chi connectivity index (χ1v) is 6.80. The van der Waals surface area contributed by atoms with E-state index in [-0.39, 0.29) is 5.97 Å². The predicted octanol–water partition coefficient (Wildman–Crippen LogP) is 2.68. The number of carbonyl (C=O) groups is 2. The number of ether oxygens (including phenoxy) is 1. The van der Waals surface area contributed by atoms with E-state index < -0.39 is 0 Å². The van der Waals surface area contributed by atoms with Crippen molar-refractivity contribution in [2.75, 3.05) is 7.11 Å². The summed E-state index contributed by atoms with van der Waals surface area (Å²) in [5.41, 5.74) is 2.78. The highest BCUT2D eigenvalue weighted by atomic mass is 16.5. The zero-order chi connectivity index (χ0) is 15.5. The zero-order valence-electron chi connectivity index (χ0n) is 12.0. The first-order chi connectivity index (χ1) is 10.7. The van der Waals surface area contributed by atoms with E-state index in [9.17, 15) is 9.59 Å². The second-order valence-corrected chi connectivity index (χ2v) is 4.91. The normalized spacial score (nSPS) is 10.6. The van der Waals surface area contributed by atoms with Crippen LogP contribution < -0.4 is 0 Å². The quantitative estimate of drug-likeness (QED) is 0.548. The molecule has 0 saturated carbocycles. The van der Waals surface area contributed by atoms with E-state index in [0.717, 1.165) is 22.8 Å². The lowest BCUT2D eigenvalue weighted by molar-refractivity contribution is 0.0599. The van der Waals surface area contributed by atoms with Gasteiger partial charge in [-0.05, 0) is 29.8 Å². The number of methoxy groups -OCH3 is 1. The Kier molecular flexibility index (Phi) is 3.70. The molecule has 0 aliphatic rings. The molecule has 0 spiro atoms. The molecule has 1 heterocycles. The summed E-state index contributed by atoms with van der Waals surface area (Å²) in [5.74, 6) is -0.365. The van der Waals surface area contributed by atoms with Crippen LogP contribution in [0.5, 0.6) is 0 Å². The van der Waals surface area contributed by atoms with Crippen molar-refractivity contribution in [3.8, 4) is 0 Å². The molecular formula is C17H14N2O3. The van der Waals surface area contributed by atoms with Crippen LogP contribution in [-0.2, 0) is 11.3 Å². The number of carbonyl (C=O) groups excluding carboxylic acids is 2. The highest BCUT2D eigenvalue weighted by molar-refractivity contribution is 5.91. The molecule has 22 heavy (non-hydrogen) atoms. The molecule has 0 aliphatic carbocycles. The molecule has 0 amide bonds. The smallest absolute Gasteiger partial charge is 0.338 e. The zero-order valence-corrected chi connectivity index (χ0v) is 12.0. The number of fused-ring (bicyclic) bond motifs is 1. The van der Waals surface area contributed by atoms with E-state index in [1.165, 1.54) is 7.11 Å². The molecule has 0 N–H and O–H groups in total. The Bertz CT molecular complexity index is 852. The highest BCUT2D eigenvalue weighted by Gasteiger charge is 2.12. The van der Waals surface area contributed by atoms with Crippen LogP contribution >= 0.6 is 0 Å². The van der Waals surface area contributed by atoms with E-state index >= 15 is 0 Å². The Morgan fingerprint density at radius 1 is 1.27 bits per heavy atom. The van der Waals surface area contributed by atoms with E-state index in [2.05, 4.69) is 5.10 Å². The van der Waals surface area contributed by atoms with Gasteiger partial charge in [0.15, 0.2) is 0 Å². The second-order valence-electron chi connectivity index (χ2n) is 4.91. The van der Waals surface area contributed by atoms with Gasteiger partial charge in [0, 0.05) is 17.1 Å². The number of aromatic nitrogens is 2. The van der Waals surface area contributed by atoms with Gasteiger partial charge < -0.3 is 4.74 Å². The van der Waals surface area contributed by atoms with Gasteiger partial charge in [0.25, 0.3) is 0 Å². The van der Waals surface area contributed by atoms with Crippen LogP contribution in [0.4, 0.5) is 0 Å². The maximum absolute atomic E-state index is 11.8. The van der Waals surface area contributed by atoms with Gasteiger partial charge in [-0.15, -0.1) is 0 Å². The fourth-order valence-corrected chi connectivity index (χ4v) is 2.39. The van der Waals surface area contributed by atoms with Crippen molar-refractivity contribution in [1.82, 2.24) is 9.78 Å². The van der Waals surface area contributed by atoms with Crippen LogP contribution in [0.25, 0.3) is 10.9 Å². The van der Waals surface area contributed by atoms with Gasteiger partial charge in [-0.25, -0.2) is 4.79 Å². The van der Waals surface area contributed by atoms with Crippen molar-refractivity contribution in [3.05, 3.63) is 65.4 Å². The number of hydrogen-bond acceptors (Lipinski definition) is 4. The van der Waals surface area contributed by atoms with Crippen molar-refractivity contribution < 1.29 is 14.3 Å². The average Bonchev–Trinajstić information content (AvgIpc) is 2.95. The van der Waals surface area contributed by atoms with Gasteiger partial charge in [0.05, 0.1) is 24.7 Å². The van der Waals surface area contributed by atoms with E-state index in [0.29, 0.717) is 17.7 Å². The molecule has 0 fully saturated rings. The van der Waals surface area contributed by atoms with Crippen LogP contribution in [0.15, 0.2) is 48.7 Å². The molecule has 1 aromatic heterocycles. The summed E-state index contributed by atoms with van der Waals surface area (Å²) < 4.78 is 6.55. The number of nitrogens with zero attached hydrogens (tertiary/aromatic N) is 2. The van der Waals surface area contributed by atoms with Crippen molar-refractivity contribution in [1.29, 1.82) is 0 Å². The van der Waals surface area contributed by atoms with Crippen LogP contribution in [0.1, 0.15) is 26.3 Å². The number of esters is 1. The fourth-order valence-electron chi connectivity index (χ4n) is 2.39. The van der Waals surface area contributed by atoms with E-state index in [1.54, 1.807) is 28.9 Å². The summed E-state index contributed by atoms with van der Waals surface area (Å²) >= 11 is 0. The minimum absolute atomic E-state index is 0.365. The maximum atomic E-state index is 11.8. The Labute approximate surface area is 127 Å². The summed E-state index contributed by atoms with van der Waals surface area (Å²) in [6.45, 7) is 0.455. The van der Waals surface area contributed by atoms with Crippen LogP contribution in [0.3, 0.4) is 0 Å². The summed E-state index contributed by atoms with van der Waals surface area (Å²) in [4.78, 5) is 22.6. The van der Waals surface area contributed by atoms with Crippen LogP contribution in [0, 0.1) is 0 Å². The summed E-state index contributed by atoms with van der Waals surface area (Å²) in [6.07, 6.45) is 2.67. The van der Waals surface area contributed by atoms with Crippen molar-refractivity contribution in [2.45, 2.75) is 6.54 Å². The van der Waals surface area contributed by atoms with Gasteiger partial charge in [-0.2, -0.15) is 5.10 Å². The van der Waals surface area contributed by atoms with Crippen LogP contribution in [0.2, 0.25) is 0 Å². The number of rotatable bonds is 4. The van der Waals surface area contributed by atoms with Crippen molar-refractivity contribution in [3.63, 3.8) is 0 Å². The maximum Gasteiger partial charge on any atom is 0.338 e. The van der Waals surface area contributed by atoms with Gasteiger partial charge in [-0.1, -0.05) is 18.2 Å². The topological polar surface area (TPSA) is 61.2 Å². The summed E-state index contributed by atoms with van der Waals surface area (Å²) in [7, 11) is 1.36. The molecule has 0 bridgehead atoms. The average molecular weight is 294 g/mol. The molecule has 3 rings (SSSR count). The fraction of sp³-hybridized carbons (Fsp3) is 0.118. The van der Waals surface area contributed by atoms with Crippen LogP contribution in [-0.4, -0.2) is 29.1 Å². The van der Waals surface area contributed by atoms with Crippen molar-refractivity contribution in [2.24, 2.45) is 0 Å². The third-order valence-corrected chi connectivity index (χ3v) is 3.47. The number of benzene rings is 2. The lowest BCUT2D eigenvalue weighted by Gasteiger charge is -2.07. The highest BCUT2D eigenvalue weighted by Crippen LogP contribution is 2.16. The standard InChI is InChI=1S/C17H14N2O3/c1-22-17(21)15-5-3-2-4-13(15)9-19-10-14-8-12(11-20)6-7-16(14)18-19/h2-8,10-11H,9H2,1H3. The lowest BCUT2D eigenvalue weighted by Crippen LogP contribution is -2.09. The SMILES string of the molecule is COC(=O)c1ccccc1Cn1cc2cc(C=O)ccc2n1. The second kappa shape index (κ2) is 5.81. The summed E-state index contributed by atoms with van der Waals surface area (Å²) in [6, 6.07) is 12.6. The van der Waals surface area contributed by atoms with E-state index in [1.807, 2.05) is 24.4 Å². The first kappa shape index (κ1) is 14.0. The monoisotopic (exact) mass is 294 g/mol. The first-order valence-electron chi connectivity index (χ1n) is 6.80. The Balaban J connectivity index is 1.96. The van der Waals surface area contributed by atoms with Crippen molar-refractivity contribution >= 4 is 23.2 Å². The minimum Gasteiger partial charge on any atom is -0.465 e. The van der Waals surface area contributed by atoms with Gasteiger partial charge in [-0.3, -0.25) is 9.48 Å². The molecule has 5 heteroatoms. The third kappa shape index (κ3) is 2.61. The molecule has 2 aromatic carbocycles. The molecule has 0 unspecified atom stereocenters. The number of aldehydes is 1. The molecule has 0 atom stereocenters. The lowest BCUT2D eigenvalue weighted by atomic mass is 10.1. The molecule has 0 radical (unpaired) electrons. The largest absolute Gasteiger partial charge is 0.465 e. The predicted molar refractivity (Wildman–Crippen MR) is 82.0 cm³/mol. The Morgan fingerprint density at radius 3 is 2.86 bits per heavy atom. The van der Waals surface area contributed by atoms with Gasteiger partial charge >= 0.3 is 5.97 Å². The van der Waals surface area contributed by atoms with E-state index in [4.69, 9.17) is 4.74 Å². The minimum atomic E-state index is -0.365. The Morgan fingerprint density at radius 2 is 2.09 bits per heavy atom. The Hall–Kier alpha value is -2.95. The third-order valence-electron chi connectivity index (χ3n) is 3.47. The van der Waals surface area contributed by atoms with Gasteiger partial charge in [0.2, 0.25) is 0 Å². The molecule has 0 saturated heterocycles.